The summed E-state index contributed by atoms with van der Waals surface area (Å²) in [4.78, 5) is 25.2. The molecule has 0 aliphatic carbocycles. The number of rotatable bonds is 5. The highest BCUT2D eigenvalue weighted by atomic mass is 16.5. The number of urea groups is 1. The number of hydrogen-bond acceptors (Lipinski definition) is 3. The number of nitrogens with zero attached hydrogens (tertiary/aromatic N) is 1. The maximum atomic E-state index is 12.4. The van der Waals surface area contributed by atoms with Crippen LogP contribution in [-0.4, -0.2) is 36.1 Å². The Bertz CT molecular complexity index is 542. The van der Waals surface area contributed by atoms with Gasteiger partial charge in [0.2, 0.25) is 0 Å². The molecule has 2 N–H and O–H groups in total. The topological polar surface area (TPSA) is 72.6 Å². The molecule has 0 saturated carbocycles. The van der Waals surface area contributed by atoms with Crippen LogP contribution in [0.5, 0.6) is 0 Å². The number of likely N-dealkylation sites (tertiary alicyclic amines) is 1. The number of aryl methyl sites for hydroxylation is 1. The second-order valence-electron chi connectivity index (χ2n) is 6.28. The van der Waals surface area contributed by atoms with Crippen LogP contribution >= 0.6 is 0 Å². The molecule has 1 aromatic rings. The Morgan fingerprint density at radius 2 is 2.04 bits per heavy atom. The second kappa shape index (κ2) is 7.99. The van der Waals surface area contributed by atoms with E-state index in [2.05, 4.69) is 31.2 Å². The Labute approximate surface area is 137 Å². The number of esters is 1. The van der Waals surface area contributed by atoms with Crippen molar-refractivity contribution in [2.45, 2.75) is 45.6 Å². The third-order valence-electron chi connectivity index (χ3n) is 4.39. The van der Waals surface area contributed by atoms with E-state index in [1.165, 1.54) is 10.5 Å². The SMILES string of the molecule is CCC(Cc1ccc(C)cc1)OC(=O)C1CCCN(C(N)=O)C1. The minimum atomic E-state index is -0.464. The van der Waals surface area contributed by atoms with Gasteiger partial charge in [0, 0.05) is 19.5 Å². The summed E-state index contributed by atoms with van der Waals surface area (Å²) >= 11 is 0. The molecule has 2 atom stereocenters. The van der Waals surface area contributed by atoms with Crippen LogP contribution in [0.2, 0.25) is 0 Å². The average molecular weight is 318 g/mol. The molecule has 2 rings (SSSR count). The van der Waals surface area contributed by atoms with E-state index in [1.54, 1.807) is 0 Å². The monoisotopic (exact) mass is 318 g/mol. The largest absolute Gasteiger partial charge is 0.462 e. The molecule has 1 heterocycles. The molecule has 5 nitrogen and oxygen atoms in total. The van der Waals surface area contributed by atoms with E-state index in [0.29, 0.717) is 13.1 Å². The van der Waals surface area contributed by atoms with Crippen molar-refractivity contribution in [2.24, 2.45) is 11.7 Å². The fraction of sp³-hybridized carbons (Fsp3) is 0.556. The van der Waals surface area contributed by atoms with Crippen LogP contribution in [0.1, 0.15) is 37.3 Å². The number of primary amides is 1. The highest BCUT2D eigenvalue weighted by molar-refractivity contribution is 5.76. The van der Waals surface area contributed by atoms with Crippen LogP contribution in [0, 0.1) is 12.8 Å². The zero-order valence-corrected chi connectivity index (χ0v) is 14.0. The van der Waals surface area contributed by atoms with Crippen molar-refractivity contribution in [3.63, 3.8) is 0 Å². The van der Waals surface area contributed by atoms with Crippen LogP contribution in [0.4, 0.5) is 4.79 Å². The highest BCUT2D eigenvalue weighted by Crippen LogP contribution is 2.20. The summed E-state index contributed by atoms with van der Waals surface area (Å²) < 4.78 is 5.68. The van der Waals surface area contributed by atoms with Gasteiger partial charge in [-0.2, -0.15) is 0 Å². The van der Waals surface area contributed by atoms with Crippen molar-refractivity contribution < 1.29 is 14.3 Å². The zero-order valence-electron chi connectivity index (χ0n) is 14.0. The molecule has 1 saturated heterocycles. The normalized spacial score (nSPS) is 19.2. The number of hydrogen-bond donors (Lipinski definition) is 1. The molecule has 23 heavy (non-hydrogen) atoms. The lowest BCUT2D eigenvalue weighted by Gasteiger charge is -2.31. The van der Waals surface area contributed by atoms with Gasteiger partial charge in [0.05, 0.1) is 5.92 Å². The molecular formula is C18H26N2O3. The van der Waals surface area contributed by atoms with Gasteiger partial charge in [-0.05, 0) is 31.7 Å². The third-order valence-corrected chi connectivity index (χ3v) is 4.39. The minimum Gasteiger partial charge on any atom is -0.462 e. The maximum absolute atomic E-state index is 12.4. The molecule has 2 amide bonds. The van der Waals surface area contributed by atoms with E-state index in [9.17, 15) is 9.59 Å². The van der Waals surface area contributed by atoms with Gasteiger partial charge in [-0.1, -0.05) is 36.8 Å². The zero-order chi connectivity index (χ0) is 16.8. The summed E-state index contributed by atoms with van der Waals surface area (Å²) in [6.45, 7) is 5.06. The number of amides is 2. The van der Waals surface area contributed by atoms with Crippen molar-refractivity contribution in [1.29, 1.82) is 0 Å². The molecule has 0 spiro atoms. The first-order chi connectivity index (χ1) is 11.0. The van der Waals surface area contributed by atoms with E-state index >= 15 is 0 Å². The van der Waals surface area contributed by atoms with Gasteiger partial charge in [0.1, 0.15) is 6.10 Å². The smallest absolute Gasteiger partial charge is 0.314 e. The van der Waals surface area contributed by atoms with Gasteiger partial charge >= 0.3 is 12.0 Å². The molecule has 126 valence electrons. The Hall–Kier alpha value is -2.04. The predicted octanol–water partition coefficient (Wildman–Crippen LogP) is 2.65. The number of nitrogens with two attached hydrogens (primary N) is 1. The molecule has 1 aliphatic heterocycles. The van der Waals surface area contributed by atoms with Gasteiger partial charge in [-0.3, -0.25) is 4.79 Å². The fourth-order valence-electron chi connectivity index (χ4n) is 2.89. The summed E-state index contributed by atoms with van der Waals surface area (Å²) in [5.41, 5.74) is 7.69. The number of carbonyl (C=O) groups is 2. The lowest BCUT2D eigenvalue weighted by molar-refractivity contribution is -0.155. The number of piperidine rings is 1. The summed E-state index contributed by atoms with van der Waals surface area (Å²) in [6.07, 6.45) is 2.90. The van der Waals surface area contributed by atoms with Crippen LogP contribution in [0.15, 0.2) is 24.3 Å². The van der Waals surface area contributed by atoms with Gasteiger partial charge in [0.25, 0.3) is 0 Å². The predicted molar refractivity (Wildman–Crippen MR) is 88.9 cm³/mol. The minimum absolute atomic E-state index is 0.130. The van der Waals surface area contributed by atoms with Gasteiger partial charge in [-0.25, -0.2) is 4.79 Å². The first kappa shape index (κ1) is 17.3. The van der Waals surface area contributed by atoms with Gasteiger partial charge < -0.3 is 15.4 Å². The lowest BCUT2D eigenvalue weighted by Crippen LogP contribution is -2.45. The highest BCUT2D eigenvalue weighted by Gasteiger charge is 2.29. The van der Waals surface area contributed by atoms with Crippen molar-refractivity contribution in [3.05, 3.63) is 35.4 Å². The Kier molecular flexibility index (Phi) is 6.02. The van der Waals surface area contributed by atoms with E-state index in [1.807, 2.05) is 6.92 Å². The summed E-state index contributed by atoms with van der Waals surface area (Å²) in [7, 11) is 0. The van der Waals surface area contributed by atoms with Crippen molar-refractivity contribution in [2.75, 3.05) is 13.1 Å². The maximum Gasteiger partial charge on any atom is 0.314 e. The van der Waals surface area contributed by atoms with Crippen molar-refractivity contribution in [1.82, 2.24) is 4.90 Å². The number of ether oxygens (including phenoxy) is 1. The van der Waals surface area contributed by atoms with Gasteiger partial charge in [-0.15, -0.1) is 0 Å². The van der Waals surface area contributed by atoms with E-state index in [-0.39, 0.29) is 18.0 Å². The first-order valence-corrected chi connectivity index (χ1v) is 8.30. The number of carbonyl (C=O) groups excluding carboxylic acids is 2. The molecule has 0 aromatic heterocycles. The molecular weight excluding hydrogens is 292 g/mol. The Morgan fingerprint density at radius 1 is 1.35 bits per heavy atom. The molecule has 1 aromatic carbocycles. The van der Waals surface area contributed by atoms with Gasteiger partial charge in [0.15, 0.2) is 0 Å². The molecule has 0 bridgehead atoms. The van der Waals surface area contributed by atoms with Crippen molar-refractivity contribution in [3.8, 4) is 0 Å². The quantitative estimate of drug-likeness (QED) is 0.848. The van der Waals surface area contributed by atoms with Crippen LogP contribution in [0.25, 0.3) is 0 Å². The van der Waals surface area contributed by atoms with Crippen LogP contribution < -0.4 is 5.73 Å². The van der Waals surface area contributed by atoms with Crippen LogP contribution in [0.3, 0.4) is 0 Å². The molecule has 1 fully saturated rings. The molecule has 2 unspecified atom stereocenters. The first-order valence-electron chi connectivity index (χ1n) is 8.30. The van der Waals surface area contributed by atoms with E-state index in [0.717, 1.165) is 31.2 Å². The summed E-state index contributed by atoms with van der Waals surface area (Å²) in [5, 5.41) is 0. The summed E-state index contributed by atoms with van der Waals surface area (Å²) in [6, 6.07) is 7.81. The summed E-state index contributed by atoms with van der Waals surface area (Å²) in [5.74, 6) is -0.474. The second-order valence-corrected chi connectivity index (χ2v) is 6.28. The average Bonchev–Trinajstić information content (AvgIpc) is 2.56. The molecule has 1 aliphatic rings. The lowest BCUT2D eigenvalue weighted by atomic mass is 9.98. The molecule has 0 radical (unpaired) electrons. The standard InChI is InChI=1S/C18H26N2O3/c1-3-16(11-14-8-6-13(2)7-9-14)23-17(21)15-5-4-10-20(12-15)18(19)22/h6-9,15-16H,3-5,10-12H2,1-2H3,(H2,19,22). The number of benzene rings is 1. The fourth-order valence-corrected chi connectivity index (χ4v) is 2.89. The van der Waals surface area contributed by atoms with Crippen LogP contribution in [-0.2, 0) is 16.0 Å². The van der Waals surface area contributed by atoms with Crippen molar-refractivity contribution >= 4 is 12.0 Å². The third kappa shape index (κ3) is 4.98. The Balaban J connectivity index is 1.91. The van der Waals surface area contributed by atoms with E-state index < -0.39 is 6.03 Å². The molecule has 5 heteroatoms. The Morgan fingerprint density at radius 3 is 2.65 bits per heavy atom. The van der Waals surface area contributed by atoms with E-state index in [4.69, 9.17) is 10.5 Å².